The van der Waals surface area contributed by atoms with E-state index in [-0.39, 0.29) is 5.91 Å². The molecule has 0 spiro atoms. The summed E-state index contributed by atoms with van der Waals surface area (Å²) in [6.07, 6.45) is 3.18. The van der Waals surface area contributed by atoms with Crippen molar-refractivity contribution in [3.8, 4) is 0 Å². The van der Waals surface area contributed by atoms with Gasteiger partial charge < -0.3 is 10.1 Å². The average molecular weight is 349 g/mol. The van der Waals surface area contributed by atoms with E-state index >= 15 is 0 Å². The van der Waals surface area contributed by atoms with Gasteiger partial charge in [0.1, 0.15) is 0 Å². The fraction of sp³-hybridized carbons (Fsp3) is 0.364. The fourth-order valence-electron chi connectivity index (χ4n) is 1.45. The van der Waals surface area contributed by atoms with E-state index in [9.17, 15) is 4.79 Å². The van der Waals surface area contributed by atoms with Gasteiger partial charge >= 0.3 is 0 Å². The first-order valence-electron chi connectivity index (χ1n) is 5.09. The highest BCUT2D eigenvalue weighted by atomic mass is 127. The molecule has 1 N–H and O–H groups in total. The van der Waals surface area contributed by atoms with Gasteiger partial charge in [-0.2, -0.15) is 0 Å². The highest BCUT2D eigenvalue weighted by Crippen LogP contribution is 2.18. The van der Waals surface area contributed by atoms with Gasteiger partial charge in [-0.3, -0.25) is 4.79 Å². The lowest BCUT2D eigenvalue weighted by atomic mass is 10.2. The third-order valence-corrected chi connectivity index (χ3v) is 4.25. The maximum Gasteiger partial charge on any atom is 0.250 e. The lowest BCUT2D eigenvalue weighted by Crippen LogP contribution is -2.26. The van der Waals surface area contributed by atoms with E-state index in [2.05, 4.69) is 40.0 Å². The molecule has 0 unspecified atom stereocenters. The molecule has 86 valence electrons. The summed E-state index contributed by atoms with van der Waals surface area (Å²) in [6.45, 7) is 1.32. The number of halogens is 1. The first-order chi connectivity index (χ1) is 7.75. The van der Waals surface area contributed by atoms with Crippen LogP contribution >= 0.6 is 33.9 Å². The van der Waals surface area contributed by atoms with Crippen molar-refractivity contribution in [2.75, 3.05) is 13.2 Å². The van der Waals surface area contributed by atoms with Crippen LogP contribution in [-0.4, -0.2) is 19.1 Å². The number of ether oxygens (including phenoxy) is 1. The van der Waals surface area contributed by atoms with Gasteiger partial charge in [0.25, 0.3) is 0 Å². The Morgan fingerprint density at radius 1 is 1.56 bits per heavy atom. The molecule has 1 aliphatic heterocycles. The third-order valence-electron chi connectivity index (χ3n) is 2.29. The summed E-state index contributed by atoms with van der Waals surface area (Å²) in [6, 6.07) is 4.20. The number of rotatable bonds is 4. The zero-order valence-electron chi connectivity index (χ0n) is 8.66. The molecular formula is C11H12INO2S. The third kappa shape index (κ3) is 3.21. The Bertz CT molecular complexity index is 414. The van der Waals surface area contributed by atoms with Crippen LogP contribution in [-0.2, 0) is 16.0 Å². The van der Waals surface area contributed by atoms with Crippen LogP contribution in [0.3, 0.4) is 0 Å². The van der Waals surface area contributed by atoms with Gasteiger partial charge in [0.2, 0.25) is 5.91 Å². The van der Waals surface area contributed by atoms with Crippen LogP contribution in [0.15, 0.2) is 24.0 Å². The highest BCUT2D eigenvalue weighted by Gasteiger charge is 2.13. The molecule has 0 aromatic carbocycles. The van der Waals surface area contributed by atoms with Crippen LogP contribution in [0.1, 0.15) is 11.3 Å². The largest absolute Gasteiger partial charge is 0.500 e. The quantitative estimate of drug-likeness (QED) is 0.848. The monoisotopic (exact) mass is 349 g/mol. The molecule has 1 aliphatic rings. The standard InChI is InChI=1S/C11H12INO2S/c12-10-2-1-9(16-10)3-5-13-11(14)8-4-6-15-7-8/h1-2,7H,3-6H2,(H,13,14). The molecule has 1 aromatic rings. The minimum Gasteiger partial charge on any atom is -0.500 e. The van der Waals surface area contributed by atoms with Crippen molar-refractivity contribution in [1.82, 2.24) is 5.32 Å². The van der Waals surface area contributed by atoms with E-state index in [0.717, 1.165) is 18.4 Å². The summed E-state index contributed by atoms with van der Waals surface area (Å²) < 4.78 is 6.31. The number of amides is 1. The summed E-state index contributed by atoms with van der Waals surface area (Å²) in [7, 11) is 0. The van der Waals surface area contributed by atoms with Crippen LogP contribution < -0.4 is 5.32 Å². The number of hydrogen-bond acceptors (Lipinski definition) is 3. The fourth-order valence-corrected chi connectivity index (χ4v) is 3.21. The molecular weight excluding hydrogens is 337 g/mol. The highest BCUT2D eigenvalue weighted by molar-refractivity contribution is 14.1. The zero-order valence-corrected chi connectivity index (χ0v) is 11.6. The SMILES string of the molecule is O=C(NCCc1ccc(I)s1)C1=COCC1. The molecule has 0 fully saturated rings. The van der Waals surface area contributed by atoms with Crippen molar-refractivity contribution in [1.29, 1.82) is 0 Å². The first-order valence-corrected chi connectivity index (χ1v) is 6.98. The lowest BCUT2D eigenvalue weighted by molar-refractivity contribution is -0.117. The smallest absolute Gasteiger partial charge is 0.250 e. The predicted molar refractivity (Wildman–Crippen MR) is 72.4 cm³/mol. The number of thiophene rings is 1. The molecule has 1 amide bonds. The average Bonchev–Trinajstić information content (AvgIpc) is 2.89. The Labute approximate surface area is 112 Å². The molecule has 2 heterocycles. The van der Waals surface area contributed by atoms with Crippen molar-refractivity contribution in [2.45, 2.75) is 12.8 Å². The first kappa shape index (κ1) is 11.9. The van der Waals surface area contributed by atoms with Crippen LogP contribution in [0.25, 0.3) is 0 Å². The Balaban J connectivity index is 1.73. The molecule has 2 rings (SSSR count). The molecule has 0 radical (unpaired) electrons. The molecule has 0 aliphatic carbocycles. The summed E-state index contributed by atoms with van der Waals surface area (Å²) in [4.78, 5) is 12.9. The van der Waals surface area contributed by atoms with E-state index in [1.807, 2.05) is 0 Å². The molecule has 0 atom stereocenters. The van der Waals surface area contributed by atoms with Gasteiger partial charge in [-0.1, -0.05) is 0 Å². The molecule has 16 heavy (non-hydrogen) atoms. The second kappa shape index (κ2) is 5.67. The maximum atomic E-state index is 11.6. The van der Waals surface area contributed by atoms with Crippen molar-refractivity contribution in [2.24, 2.45) is 0 Å². The lowest BCUT2D eigenvalue weighted by Gasteiger charge is -2.03. The predicted octanol–water partition coefficient (Wildman–Crippen LogP) is 2.32. The van der Waals surface area contributed by atoms with Crippen molar-refractivity contribution in [3.63, 3.8) is 0 Å². The van der Waals surface area contributed by atoms with E-state index in [1.165, 1.54) is 7.76 Å². The Kier molecular flexibility index (Phi) is 4.22. The summed E-state index contributed by atoms with van der Waals surface area (Å²) >= 11 is 4.07. The molecule has 0 saturated carbocycles. The number of nitrogens with one attached hydrogen (secondary N) is 1. The van der Waals surface area contributed by atoms with Crippen LogP contribution in [0.4, 0.5) is 0 Å². The Morgan fingerprint density at radius 3 is 3.06 bits per heavy atom. The van der Waals surface area contributed by atoms with E-state index in [0.29, 0.717) is 13.2 Å². The molecule has 5 heteroatoms. The zero-order chi connectivity index (χ0) is 11.4. The van der Waals surface area contributed by atoms with E-state index < -0.39 is 0 Å². The summed E-state index contributed by atoms with van der Waals surface area (Å²) in [5, 5.41) is 2.90. The van der Waals surface area contributed by atoms with Crippen molar-refractivity contribution >= 4 is 39.8 Å². The van der Waals surface area contributed by atoms with Gasteiger partial charge in [0, 0.05) is 17.8 Å². The summed E-state index contributed by atoms with van der Waals surface area (Å²) in [5.41, 5.74) is 0.751. The van der Waals surface area contributed by atoms with E-state index in [1.54, 1.807) is 17.6 Å². The normalized spacial score (nSPS) is 14.4. The number of carbonyl (C=O) groups is 1. The molecule has 3 nitrogen and oxygen atoms in total. The second-order valence-electron chi connectivity index (χ2n) is 3.48. The Morgan fingerprint density at radius 2 is 2.44 bits per heavy atom. The van der Waals surface area contributed by atoms with Crippen LogP contribution in [0.5, 0.6) is 0 Å². The number of carbonyl (C=O) groups excluding carboxylic acids is 1. The van der Waals surface area contributed by atoms with Gasteiger partial charge in [-0.05, 0) is 41.1 Å². The molecule has 1 aromatic heterocycles. The van der Waals surface area contributed by atoms with Crippen LogP contribution in [0.2, 0.25) is 0 Å². The molecule has 0 bridgehead atoms. The maximum absolute atomic E-state index is 11.6. The van der Waals surface area contributed by atoms with Crippen molar-refractivity contribution < 1.29 is 9.53 Å². The Hall–Kier alpha value is -0.560. The van der Waals surface area contributed by atoms with Crippen molar-refractivity contribution in [3.05, 3.63) is 31.7 Å². The van der Waals surface area contributed by atoms with E-state index in [4.69, 9.17) is 4.74 Å². The molecule has 0 saturated heterocycles. The topological polar surface area (TPSA) is 38.3 Å². The van der Waals surface area contributed by atoms with Gasteiger partial charge in [0.05, 0.1) is 21.3 Å². The van der Waals surface area contributed by atoms with Gasteiger partial charge in [-0.15, -0.1) is 11.3 Å². The van der Waals surface area contributed by atoms with Gasteiger partial charge in [-0.25, -0.2) is 0 Å². The minimum atomic E-state index is 0.00348. The van der Waals surface area contributed by atoms with Gasteiger partial charge in [0.15, 0.2) is 0 Å². The summed E-state index contributed by atoms with van der Waals surface area (Å²) in [5.74, 6) is 0.00348. The number of hydrogen-bond donors (Lipinski definition) is 1. The minimum absolute atomic E-state index is 0.00348. The van der Waals surface area contributed by atoms with Crippen LogP contribution in [0, 0.1) is 2.88 Å². The second-order valence-corrected chi connectivity index (χ2v) is 6.54.